The first-order valence-electron chi connectivity index (χ1n) is 4.97. The SMILES string of the molecule is CC(C)(C)C(=O)Nc1ccc(S(=O)(=O)Cl)cc1. The summed E-state index contributed by atoms with van der Waals surface area (Å²) in [6.07, 6.45) is 0. The quantitative estimate of drug-likeness (QED) is 0.844. The van der Waals surface area contributed by atoms with Crippen LogP contribution >= 0.6 is 10.7 Å². The van der Waals surface area contributed by atoms with E-state index in [1.807, 2.05) is 0 Å². The van der Waals surface area contributed by atoms with E-state index in [4.69, 9.17) is 10.7 Å². The molecule has 0 aliphatic rings. The van der Waals surface area contributed by atoms with Crippen LogP contribution in [0.3, 0.4) is 0 Å². The third-order valence-electron chi connectivity index (χ3n) is 2.07. The maximum Gasteiger partial charge on any atom is 0.261 e. The summed E-state index contributed by atoms with van der Waals surface area (Å²) in [7, 11) is 1.46. The van der Waals surface area contributed by atoms with Crippen molar-refractivity contribution >= 4 is 31.3 Å². The first-order chi connectivity index (χ1) is 7.60. The van der Waals surface area contributed by atoms with Gasteiger partial charge in [0, 0.05) is 21.8 Å². The van der Waals surface area contributed by atoms with Crippen LogP contribution in [-0.4, -0.2) is 14.3 Å². The molecule has 0 fully saturated rings. The predicted octanol–water partition coefficient (Wildman–Crippen LogP) is 2.60. The van der Waals surface area contributed by atoms with Crippen molar-refractivity contribution < 1.29 is 13.2 Å². The Kier molecular flexibility index (Phi) is 3.84. The molecule has 0 saturated heterocycles. The molecule has 1 amide bonds. The lowest BCUT2D eigenvalue weighted by atomic mass is 9.95. The molecule has 0 unspecified atom stereocenters. The van der Waals surface area contributed by atoms with Gasteiger partial charge in [-0.2, -0.15) is 0 Å². The molecule has 17 heavy (non-hydrogen) atoms. The number of amides is 1. The second-order valence-corrected chi connectivity index (χ2v) is 7.23. The maximum absolute atomic E-state index is 11.7. The van der Waals surface area contributed by atoms with Crippen LogP contribution in [0.4, 0.5) is 5.69 Å². The van der Waals surface area contributed by atoms with Crippen molar-refractivity contribution in [3.8, 4) is 0 Å². The highest BCUT2D eigenvalue weighted by molar-refractivity contribution is 8.13. The van der Waals surface area contributed by atoms with Gasteiger partial charge in [-0.3, -0.25) is 4.79 Å². The number of rotatable bonds is 2. The van der Waals surface area contributed by atoms with Gasteiger partial charge in [-0.05, 0) is 24.3 Å². The smallest absolute Gasteiger partial charge is 0.261 e. The largest absolute Gasteiger partial charge is 0.326 e. The average Bonchev–Trinajstić information content (AvgIpc) is 2.15. The fraction of sp³-hybridized carbons (Fsp3) is 0.364. The topological polar surface area (TPSA) is 63.2 Å². The minimum Gasteiger partial charge on any atom is -0.326 e. The van der Waals surface area contributed by atoms with Gasteiger partial charge in [0.15, 0.2) is 0 Å². The van der Waals surface area contributed by atoms with Crippen molar-refractivity contribution in [1.29, 1.82) is 0 Å². The van der Waals surface area contributed by atoms with E-state index in [9.17, 15) is 13.2 Å². The van der Waals surface area contributed by atoms with Crippen molar-refractivity contribution in [2.75, 3.05) is 5.32 Å². The average molecular weight is 276 g/mol. The lowest BCUT2D eigenvalue weighted by Gasteiger charge is -2.17. The Labute approximate surface area is 105 Å². The molecule has 1 aromatic rings. The van der Waals surface area contributed by atoms with Gasteiger partial charge in [0.2, 0.25) is 5.91 Å². The van der Waals surface area contributed by atoms with Gasteiger partial charge < -0.3 is 5.32 Å². The molecule has 6 heteroatoms. The summed E-state index contributed by atoms with van der Waals surface area (Å²) in [4.78, 5) is 11.7. The molecule has 1 aromatic carbocycles. The van der Waals surface area contributed by atoms with E-state index in [1.165, 1.54) is 24.3 Å². The van der Waals surface area contributed by atoms with Crippen LogP contribution in [-0.2, 0) is 13.8 Å². The standard InChI is InChI=1S/C11H14ClNO3S/c1-11(2,3)10(14)13-8-4-6-9(7-5-8)17(12,15)16/h4-7H,1-3H3,(H,13,14). The molecule has 0 spiro atoms. The molecule has 0 aliphatic heterocycles. The first kappa shape index (κ1) is 14.0. The Morgan fingerprint density at radius 2 is 1.65 bits per heavy atom. The van der Waals surface area contributed by atoms with Gasteiger partial charge in [-0.25, -0.2) is 8.42 Å². The summed E-state index contributed by atoms with van der Waals surface area (Å²) < 4.78 is 22.0. The van der Waals surface area contributed by atoms with Crippen LogP contribution in [0.2, 0.25) is 0 Å². The third-order valence-corrected chi connectivity index (χ3v) is 3.44. The number of halogens is 1. The zero-order chi connectivity index (χ0) is 13.3. The second-order valence-electron chi connectivity index (χ2n) is 4.67. The molecule has 0 aromatic heterocycles. The molecule has 0 bridgehead atoms. The number of hydrogen-bond acceptors (Lipinski definition) is 3. The van der Waals surface area contributed by atoms with Crippen LogP contribution < -0.4 is 5.32 Å². The number of carbonyl (C=O) groups excluding carboxylic acids is 1. The summed E-state index contributed by atoms with van der Waals surface area (Å²) in [6.45, 7) is 5.37. The van der Waals surface area contributed by atoms with E-state index < -0.39 is 14.5 Å². The predicted molar refractivity (Wildman–Crippen MR) is 67.6 cm³/mol. The van der Waals surface area contributed by atoms with Crippen molar-refractivity contribution in [2.45, 2.75) is 25.7 Å². The summed E-state index contributed by atoms with van der Waals surface area (Å²) in [5, 5.41) is 2.68. The first-order valence-corrected chi connectivity index (χ1v) is 7.28. The normalized spacial score (nSPS) is 12.2. The van der Waals surface area contributed by atoms with E-state index >= 15 is 0 Å². The van der Waals surface area contributed by atoms with Gasteiger partial charge in [-0.1, -0.05) is 20.8 Å². The van der Waals surface area contributed by atoms with Gasteiger partial charge in [0.1, 0.15) is 0 Å². The summed E-state index contributed by atoms with van der Waals surface area (Å²) in [5.74, 6) is -0.140. The summed E-state index contributed by atoms with van der Waals surface area (Å²) in [6, 6.07) is 5.69. The van der Waals surface area contributed by atoms with E-state index in [0.717, 1.165) is 0 Å². The number of carbonyl (C=O) groups is 1. The zero-order valence-electron chi connectivity index (χ0n) is 9.82. The third kappa shape index (κ3) is 4.02. The van der Waals surface area contributed by atoms with Crippen molar-refractivity contribution in [3.05, 3.63) is 24.3 Å². The summed E-state index contributed by atoms with van der Waals surface area (Å²) in [5.41, 5.74) is 0.0334. The molecule has 1 N–H and O–H groups in total. The molecular weight excluding hydrogens is 262 g/mol. The number of anilines is 1. The molecule has 0 radical (unpaired) electrons. The Bertz CT molecular complexity index is 515. The molecule has 1 rings (SSSR count). The van der Waals surface area contributed by atoms with Crippen LogP contribution in [0.15, 0.2) is 29.2 Å². The lowest BCUT2D eigenvalue weighted by molar-refractivity contribution is -0.123. The van der Waals surface area contributed by atoms with Crippen molar-refractivity contribution in [1.82, 2.24) is 0 Å². The van der Waals surface area contributed by atoms with Crippen molar-refractivity contribution in [3.63, 3.8) is 0 Å². The van der Waals surface area contributed by atoms with Crippen LogP contribution in [0, 0.1) is 5.41 Å². The highest BCUT2D eigenvalue weighted by Crippen LogP contribution is 2.20. The van der Waals surface area contributed by atoms with Crippen molar-refractivity contribution in [2.24, 2.45) is 5.41 Å². The van der Waals surface area contributed by atoms with Gasteiger partial charge in [0.05, 0.1) is 4.90 Å². The second kappa shape index (κ2) is 4.66. The number of benzene rings is 1. The Morgan fingerprint density at radius 1 is 1.18 bits per heavy atom. The van der Waals surface area contributed by atoms with E-state index in [0.29, 0.717) is 5.69 Å². The Balaban J connectivity index is 2.87. The minimum atomic E-state index is -3.72. The van der Waals surface area contributed by atoms with Gasteiger partial charge >= 0.3 is 0 Å². The van der Waals surface area contributed by atoms with E-state index in [1.54, 1.807) is 20.8 Å². The van der Waals surface area contributed by atoms with Crippen LogP contribution in [0.1, 0.15) is 20.8 Å². The van der Waals surface area contributed by atoms with E-state index in [2.05, 4.69) is 5.32 Å². The highest BCUT2D eigenvalue weighted by atomic mass is 35.7. The molecule has 0 atom stereocenters. The Hall–Kier alpha value is -1.07. The Morgan fingerprint density at radius 3 is 2.00 bits per heavy atom. The number of nitrogens with one attached hydrogen (secondary N) is 1. The fourth-order valence-corrected chi connectivity index (χ4v) is 1.79. The zero-order valence-corrected chi connectivity index (χ0v) is 11.4. The molecular formula is C11H14ClNO3S. The summed E-state index contributed by atoms with van der Waals surface area (Å²) >= 11 is 0. The number of hydrogen-bond donors (Lipinski definition) is 1. The van der Waals surface area contributed by atoms with Crippen LogP contribution in [0.5, 0.6) is 0 Å². The maximum atomic E-state index is 11.7. The molecule has 0 saturated carbocycles. The minimum absolute atomic E-state index is 0.00734. The molecule has 4 nitrogen and oxygen atoms in total. The van der Waals surface area contributed by atoms with Crippen LogP contribution in [0.25, 0.3) is 0 Å². The monoisotopic (exact) mass is 275 g/mol. The van der Waals surface area contributed by atoms with E-state index in [-0.39, 0.29) is 10.8 Å². The highest BCUT2D eigenvalue weighted by Gasteiger charge is 2.21. The molecule has 0 heterocycles. The molecule has 94 valence electrons. The van der Waals surface area contributed by atoms with Gasteiger partial charge in [0.25, 0.3) is 9.05 Å². The van der Waals surface area contributed by atoms with Gasteiger partial charge in [-0.15, -0.1) is 0 Å². The lowest BCUT2D eigenvalue weighted by Crippen LogP contribution is -2.27. The fourth-order valence-electron chi connectivity index (χ4n) is 1.02. The molecule has 0 aliphatic carbocycles.